The van der Waals surface area contributed by atoms with E-state index in [9.17, 15) is 14.5 Å². The van der Waals surface area contributed by atoms with Gasteiger partial charge >= 0.3 is 0 Å². The van der Waals surface area contributed by atoms with E-state index < -0.39 is 10.7 Å². The molecule has 0 fully saturated rings. The molecule has 28 heavy (non-hydrogen) atoms. The molecule has 2 aromatic heterocycles. The number of pyridine rings is 1. The second kappa shape index (κ2) is 7.93. The average Bonchev–Trinajstić information content (AvgIpc) is 2.70. The van der Waals surface area contributed by atoms with Crippen molar-refractivity contribution in [1.82, 2.24) is 15.0 Å². The zero-order chi connectivity index (χ0) is 18.8. The van der Waals surface area contributed by atoms with Crippen molar-refractivity contribution < 1.29 is 9.31 Å². The van der Waals surface area contributed by atoms with Gasteiger partial charge in [-0.2, -0.15) is 0 Å². The molecule has 4 aromatic rings. The lowest BCUT2D eigenvalue weighted by Crippen LogP contribution is -2.01. The molecule has 140 valence electrons. The molecule has 0 atom stereocenters. The van der Waals surface area contributed by atoms with E-state index in [1.54, 1.807) is 24.5 Å². The third kappa shape index (κ3) is 3.72. The lowest BCUT2D eigenvalue weighted by atomic mass is 10.2. The molecule has 0 saturated carbocycles. The molecule has 9 heteroatoms. The topological polar surface area (TPSA) is 93.8 Å². The lowest BCUT2D eigenvalue weighted by Gasteiger charge is -2.11. The van der Waals surface area contributed by atoms with Crippen LogP contribution >= 0.6 is 12.4 Å². The molecule has 0 unspecified atom stereocenters. The van der Waals surface area contributed by atoms with E-state index in [4.69, 9.17) is 0 Å². The molecule has 0 bridgehead atoms. The van der Waals surface area contributed by atoms with Crippen LogP contribution in [-0.2, 0) is 0 Å². The Hall–Kier alpha value is -3.65. The maximum absolute atomic E-state index is 14.2. The van der Waals surface area contributed by atoms with Crippen molar-refractivity contribution in [3.63, 3.8) is 0 Å². The number of benzene rings is 2. The minimum Gasteiger partial charge on any atom is -0.337 e. The highest BCUT2D eigenvalue weighted by Gasteiger charge is 2.14. The number of halogens is 2. The largest absolute Gasteiger partial charge is 0.337 e. The Balaban J connectivity index is 0.00000225. The summed E-state index contributed by atoms with van der Waals surface area (Å²) in [6.45, 7) is 0. The normalized spacial score (nSPS) is 10.3. The van der Waals surface area contributed by atoms with Gasteiger partial charge in [-0.25, -0.2) is 14.4 Å². The van der Waals surface area contributed by atoms with E-state index >= 15 is 0 Å². The molecule has 2 heterocycles. The fourth-order valence-electron chi connectivity index (χ4n) is 2.65. The van der Waals surface area contributed by atoms with Crippen molar-refractivity contribution in [3.05, 3.63) is 82.9 Å². The van der Waals surface area contributed by atoms with Crippen LogP contribution in [0.15, 0.2) is 67.0 Å². The van der Waals surface area contributed by atoms with Crippen LogP contribution in [0.2, 0.25) is 0 Å². The minimum absolute atomic E-state index is 0. The standard InChI is InChI=1S/C19H12FN5O2.ClH/c20-15-8-7-13(25(26)27)10-17(15)23-19-14-5-1-2-6-16(14)22-18(24-19)12-4-3-9-21-11-12;/h1-11H,(H,22,23,24);1H. The Morgan fingerprint density at radius 2 is 1.86 bits per heavy atom. The number of nitro benzene ring substituents is 1. The number of non-ortho nitro benzene ring substituents is 1. The molecule has 0 aliphatic rings. The molecule has 0 amide bonds. The maximum atomic E-state index is 14.2. The summed E-state index contributed by atoms with van der Waals surface area (Å²) in [5.41, 5.74) is 1.10. The monoisotopic (exact) mass is 397 g/mol. The average molecular weight is 398 g/mol. The number of nitro groups is 1. The number of aromatic nitrogens is 3. The van der Waals surface area contributed by atoms with Crippen molar-refractivity contribution in [2.45, 2.75) is 0 Å². The van der Waals surface area contributed by atoms with Crippen molar-refractivity contribution in [3.8, 4) is 11.4 Å². The number of nitrogens with one attached hydrogen (secondary N) is 1. The first-order chi connectivity index (χ1) is 13.1. The number of rotatable bonds is 4. The van der Waals surface area contributed by atoms with E-state index in [1.165, 1.54) is 0 Å². The Labute approximate surface area is 164 Å². The molecule has 0 spiro atoms. The lowest BCUT2D eigenvalue weighted by molar-refractivity contribution is -0.384. The fraction of sp³-hybridized carbons (Fsp3) is 0. The van der Waals surface area contributed by atoms with E-state index in [0.29, 0.717) is 28.1 Å². The van der Waals surface area contributed by atoms with Crippen molar-refractivity contribution >= 4 is 40.5 Å². The van der Waals surface area contributed by atoms with Crippen LogP contribution in [-0.4, -0.2) is 19.9 Å². The molecule has 0 aliphatic heterocycles. The van der Waals surface area contributed by atoms with Gasteiger partial charge in [-0.1, -0.05) is 12.1 Å². The molecule has 1 N–H and O–H groups in total. The van der Waals surface area contributed by atoms with Crippen molar-refractivity contribution in [2.75, 3.05) is 5.32 Å². The van der Waals surface area contributed by atoms with Gasteiger partial charge in [0, 0.05) is 35.5 Å². The number of anilines is 2. The quantitative estimate of drug-likeness (QED) is 0.388. The summed E-state index contributed by atoms with van der Waals surface area (Å²) < 4.78 is 14.2. The number of hydrogen-bond donors (Lipinski definition) is 1. The summed E-state index contributed by atoms with van der Waals surface area (Å²) in [5.74, 6) is 0.139. The van der Waals surface area contributed by atoms with E-state index in [1.807, 2.05) is 24.3 Å². The number of fused-ring (bicyclic) bond motifs is 1. The van der Waals surface area contributed by atoms with Gasteiger partial charge in [0.2, 0.25) is 0 Å². The van der Waals surface area contributed by atoms with Gasteiger partial charge in [0.1, 0.15) is 11.6 Å². The molecule has 0 aliphatic carbocycles. The second-order valence-corrected chi connectivity index (χ2v) is 5.70. The third-order valence-corrected chi connectivity index (χ3v) is 3.94. The number of para-hydroxylation sites is 1. The van der Waals surface area contributed by atoms with Crippen molar-refractivity contribution in [1.29, 1.82) is 0 Å². The molecule has 0 radical (unpaired) electrons. The van der Waals surface area contributed by atoms with Gasteiger partial charge in [0.15, 0.2) is 5.82 Å². The highest BCUT2D eigenvalue weighted by molar-refractivity contribution is 5.92. The highest BCUT2D eigenvalue weighted by Crippen LogP contribution is 2.29. The Kier molecular flexibility index (Phi) is 5.42. The fourth-order valence-corrected chi connectivity index (χ4v) is 2.65. The zero-order valence-corrected chi connectivity index (χ0v) is 15.1. The Morgan fingerprint density at radius 1 is 1.04 bits per heavy atom. The SMILES string of the molecule is Cl.O=[N+]([O-])c1ccc(F)c(Nc2nc(-c3cccnc3)nc3ccccc23)c1. The molecular weight excluding hydrogens is 385 g/mol. The summed E-state index contributed by atoms with van der Waals surface area (Å²) in [5, 5.41) is 14.5. The summed E-state index contributed by atoms with van der Waals surface area (Å²) >= 11 is 0. The summed E-state index contributed by atoms with van der Waals surface area (Å²) in [6.07, 6.45) is 3.27. The van der Waals surface area contributed by atoms with Crippen LogP contribution < -0.4 is 5.32 Å². The van der Waals surface area contributed by atoms with Gasteiger partial charge in [0.25, 0.3) is 5.69 Å². The Morgan fingerprint density at radius 3 is 2.61 bits per heavy atom. The first-order valence-corrected chi connectivity index (χ1v) is 8.00. The molecule has 7 nitrogen and oxygen atoms in total. The first kappa shape index (κ1) is 19.1. The second-order valence-electron chi connectivity index (χ2n) is 5.70. The van der Waals surface area contributed by atoms with Gasteiger partial charge in [-0.3, -0.25) is 15.1 Å². The summed E-state index contributed by atoms with van der Waals surface area (Å²) in [4.78, 5) is 23.5. The number of hydrogen-bond acceptors (Lipinski definition) is 6. The van der Waals surface area contributed by atoms with Gasteiger partial charge in [-0.05, 0) is 30.3 Å². The molecule has 2 aromatic carbocycles. The predicted molar refractivity (Wildman–Crippen MR) is 106 cm³/mol. The smallest absolute Gasteiger partial charge is 0.271 e. The summed E-state index contributed by atoms with van der Waals surface area (Å²) in [7, 11) is 0. The van der Waals surface area contributed by atoms with Crippen LogP contribution in [0.4, 0.5) is 21.6 Å². The first-order valence-electron chi connectivity index (χ1n) is 8.00. The number of nitrogens with zero attached hydrogens (tertiary/aromatic N) is 4. The van der Waals surface area contributed by atoms with Crippen LogP contribution in [0.5, 0.6) is 0 Å². The van der Waals surface area contributed by atoms with Crippen molar-refractivity contribution in [2.24, 2.45) is 0 Å². The minimum atomic E-state index is -0.619. The van der Waals surface area contributed by atoms with Gasteiger partial charge in [-0.15, -0.1) is 12.4 Å². The molecule has 0 saturated heterocycles. The summed E-state index contributed by atoms with van der Waals surface area (Å²) in [6, 6.07) is 14.1. The predicted octanol–water partition coefficient (Wildman–Crippen LogP) is 4.90. The van der Waals surface area contributed by atoms with Gasteiger partial charge in [0.05, 0.1) is 16.1 Å². The van der Waals surface area contributed by atoms with E-state index in [0.717, 1.165) is 18.2 Å². The van der Waals surface area contributed by atoms with Gasteiger partial charge < -0.3 is 5.32 Å². The molecule has 4 rings (SSSR count). The maximum Gasteiger partial charge on any atom is 0.271 e. The van der Waals surface area contributed by atoms with Crippen LogP contribution in [0.1, 0.15) is 0 Å². The molecular formula is C19H13ClFN5O2. The van der Waals surface area contributed by atoms with Crippen LogP contribution in [0.3, 0.4) is 0 Å². The van der Waals surface area contributed by atoms with Crippen LogP contribution in [0, 0.1) is 15.9 Å². The van der Waals surface area contributed by atoms with E-state index in [-0.39, 0.29) is 23.8 Å². The Bertz CT molecular complexity index is 1160. The third-order valence-electron chi connectivity index (χ3n) is 3.94. The highest BCUT2D eigenvalue weighted by atomic mass is 35.5. The zero-order valence-electron chi connectivity index (χ0n) is 14.2. The van der Waals surface area contributed by atoms with Crippen LogP contribution in [0.25, 0.3) is 22.3 Å². The van der Waals surface area contributed by atoms with E-state index in [2.05, 4.69) is 20.3 Å².